The van der Waals surface area contributed by atoms with Gasteiger partial charge in [-0.2, -0.15) is 0 Å². The molecule has 120 valence electrons. The van der Waals surface area contributed by atoms with E-state index in [2.05, 4.69) is 5.32 Å². The molecule has 1 aromatic carbocycles. The highest BCUT2D eigenvalue weighted by Crippen LogP contribution is 2.16. The van der Waals surface area contributed by atoms with Crippen LogP contribution in [0.1, 0.15) is 24.2 Å². The molecular formula is C15H19ClN2O4. The molecular weight excluding hydrogens is 308 g/mol. The van der Waals surface area contributed by atoms with Crippen LogP contribution in [0.2, 0.25) is 5.02 Å². The molecule has 1 aromatic rings. The molecule has 1 unspecified atom stereocenters. The molecule has 0 bridgehead atoms. The van der Waals surface area contributed by atoms with Gasteiger partial charge in [-0.15, -0.1) is 0 Å². The van der Waals surface area contributed by atoms with E-state index in [9.17, 15) is 14.4 Å². The molecule has 0 aliphatic heterocycles. The smallest absolute Gasteiger partial charge is 0.323 e. The van der Waals surface area contributed by atoms with Gasteiger partial charge in [0.25, 0.3) is 5.91 Å². The Labute approximate surface area is 134 Å². The van der Waals surface area contributed by atoms with Crippen LogP contribution < -0.4 is 5.32 Å². The van der Waals surface area contributed by atoms with Crippen molar-refractivity contribution in [3.63, 3.8) is 0 Å². The number of nitrogens with one attached hydrogen (secondary N) is 1. The summed E-state index contributed by atoms with van der Waals surface area (Å²) >= 11 is 5.96. The number of hydrogen-bond acceptors (Lipinski definition) is 3. The second kappa shape index (κ2) is 7.79. The van der Waals surface area contributed by atoms with E-state index in [1.54, 1.807) is 38.1 Å². The third-order valence-corrected chi connectivity index (χ3v) is 3.42. The Hall–Kier alpha value is -2.08. The zero-order valence-electron chi connectivity index (χ0n) is 12.7. The fourth-order valence-electron chi connectivity index (χ4n) is 1.90. The van der Waals surface area contributed by atoms with Crippen LogP contribution in [0.15, 0.2) is 24.3 Å². The number of likely N-dealkylation sites (N-methyl/N-ethyl adjacent to an activating group) is 1. The molecule has 0 aliphatic carbocycles. The standard InChI is InChI=1S/C15H19ClN2O4/c1-9(2)13(15(22)18(3)8-12(19)20)17-14(21)10-6-4-5-7-11(10)16/h4-7,9,13H,8H2,1-3H3,(H,17,21)(H,19,20). The Balaban J connectivity index is 2.89. The lowest BCUT2D eigenvalue weighted by Gasteiger charge is -2.26. The first-order valence-corrected chi connectivity index (χ1v) is 7.14. The number of amides is 2. The number of carbonyl (C=O) groups is 3. The number of carbonyl (C=O) groups excluding carboxylic acids is 2. The van der Waals surface area contributed by atoms with Crippen molar-refractivity contribution in [2.45, 2.75) is 19.9 Å². The monoisotopic (exact) mass is 326 g/mol. The van der Waals surface area contributed by atoms with Gasteiger partial charge in [-0.3, -0.25) is 14.4 Å². The molecule has 0 fully saturated rings. The second-order valence-electron chi connectivity index (χ2n) is 5.26. The minimum atomic E-state index is -1.12. The van der Waals surface area contributed by atoms with Crippen molar-refractivity contribution >= 4 is 29.4 Å². The predicted octanol–water partition coefficient (Wildman–Crippen LogP) is 1.64. The Bertz CT molecular complexity index is 574. The molecule has 0 heterocycles. The first kappa shape index (κ1) is 18.0. The number of carboxylic acid groups (broad SMARTS) is 1. The van der Waals surface area contributed by atoms with Crippen molar-refractivity contribution in [3.8, 4) is 0 Å². The molecule has 0 saturated carbocycles. The fraction of sp³-hybridized carbons (Fsp3) is 0.400. The molecule has 0 spiro atoms. The van der Waals surface area contributed by atoms with E-state index in [0.29, 0.717) is 0 Å². The molecule has 2 amide bonds. The molecule has 1 atom stereocenters. The van der Waals surface area contributed by atoms with Gasteiger partial charge in [0.1, 0.15) is 12.6 Å². The van der Waals surface area contributed by atoms with Gasteiger partial charge in [-0.1, -0.05) is 37.6 Å². The van der Waals surface area contributed by atoms with Gasteiger partial charge in [0.05, 0.1) is 10.6 Å². The van der Waals surface area contributed by atoms with Crippen LogP contribution in [0.5, 0.6) is 0 Å². The Kier molecular flexibility index (Phi) is 6.37. The maximum absolute atomic E-state index is 12.3. The van der Waals surface area contributed by atoms with E-state index in [0.717, 1.165) is 4.90 Å². The van der Waals surface area contributed by atoms with Crippen molar-refractivity contribution in [2.24, 2.45) is 5.92 Å². The lowest BCUT2D eigenvalue weighted by molar-refractivity contribution is -0.144. The predicted molar refractivity (Wildman–Crippen MR) is 82.8 cm³/mol. The molecule has 0 aliphatic rings. The number of halogens is 1. The number of hydrogen-bond donors (Lipinski definition) is 2. The Morgan fingerprint density at radius 1 is 1.27 bits per heavy atom. The van der Waals surface area contributed by atoms with E-state index in [-0.39, 0.29) is 16.5 Å². The third-order valence-electron chi connectivity index (χ3n) is 3.09. The summed E-state index contributed by atoms with van der Waals surface area (Å²) in [5, 5.41) is 11.7. The normalized spacial score (nSPS) is 11.9. The molecule has 2 N–H and O–H groups in total. The van der Waals surface area contributed by atoms with Gasteiger partial charge < -0.3 is 15.3 Å². The molecule has 22 heavy (non-hydrogen) atoms. The van der Waals surface area contributed by atoms with E-state index in [1.807, 2.05) is 0 Å². The minimum absolute atomic E-state index is 0.199. The largest absolute Gasteiger partial charge is 0.480 e. The van der Waals surface area contributed by atoms with Crippen LogP contribution in [0.3, 0.4) is 0 Å². The average molecular weight is 327 g/mol. The summed E-state index contributed by atoms with van der Waals surface area (Å²) in [5.74, 6) is -2.25. The summed E-state index contributed by atoms with van der Waals surface area (Å²) < 4.78 is 0. The molecule has 7 heteroatoms. The maximum Gasteiger partial charge on any atom is 0.323 e. The van der Waals surface area contributed by atoms with Gasteiger partial charge in [0.2, 0.25) is 5.91 Å². The van der Waals surface area contributed by atoms with Gasteiger partial charge in [0.15, 0.2) is 0 Å². The highest BCUT2D eigenvalue weighted by Gasteiger charge is 2.28. The van der Waals surface area contributed by atoms with Crippen molar-refractivity contribution in [2.75, 3.05) is 13.6 Å². The van der Waals surface area contributed by atoms with Crippen LogP contribution in [0, 0.1) is 5.92 Å². The molecule has 0 radical (unpaired) electrons. The SMILES string of the molecule is CC(C)C(NC(=O)c1ccccc1Cl)C(=O)N(C)CC(=O)O. The highest BCUT2D eigenvalue weighted by molar-refractivity contribution is 6.33. The summed E-state index contributed by atoms with van der Waals surface area (Å²) in [6.07, 6.45) is 0. The summed E-state index contributed by atoms with van der Waals surface area (Å²) in [7, 11) is 1.38. The quantitative estimate of drug-likeness (QED) is 0.832. The van der Waals surface area contributed by atoms with E-state index in [1.165, 1.54) is 7.05 Å². The second-order valence-corrected chi connectivity index (χ2v) is 5.67. The number of nitrogens with zero attached hydrogens (tertiary/aromatic N) is 1. The van der Waals surface area contributed by atoms with Crippen molar-refractivity contribution in [3.05, 3.63) is 34.9 Å². The third kappa shape index (κ3) is 4.73. The molecule has 0 saturated heterocycles. The van der Waals surface area contributed by atoms with Gasteiger partial charge >= 0.3 is 5.97 Å². The first-order chi connectivity index (χ1) is 10.2. The molecule has 6 nitrogen and oxygen atoms in total. The van der Waals surface area contributed by atoms with Crippen molar-refractivity contribution in [1.82, 2.24) is 10.2 Å². The van der Waals surface area contributed by atoms with Crippen LogP contribution in [0.4, 0.5) is 0 Å². The van der Waals surface area contributed by atoms with Crippen molar-refractivity contribution in [1.29, 1.82) is 0 Å². The molecule has 0 aromatic heterocycles. The topological polar surface area (TPSA) is 86.7 Å². The van der Waals surface area contributed by atoms with Crippen LogP contribution in [-0.2, 0) is 9.59 Å². The van der Waals surface area contributed by atoms with Gasteiger partial charge in [0, 0.05) is 7.05 Å². The zero-order valence-corrected chi connectivity index (χ0v) is 13.4. The number of rotatable bonds is 6. The maximum atomic E-state index is 12.3. The highest BCUT2D eigenvalue weighted by atomic mass is 35.5. The van der Waals surface area contributed by atoms with Crippen LogP contribution >= 0.6 is 11.6 Å². The summed E-state index contributed by atoms with van der Waals surface area (Å²) in [4.78, 5) is 36.3. The number of aliphatic carboxylic acids is 1. The lowest BCUT2D eigenvalue weighted by Crippen LogP contribution is -2.51. The first-order valence-electron chi connectivity index (χ1n) is 6.76. The summed E-state index contributed by atoms with van der Waals surface area (Å²) in [6.45, 7) is 3.11. The Morgan fingerprint density at radius 2 is 1.86 bits per heavy atom. The summed E-state index contributed by atoms with van der Waals surface area (Å²) in [6, 6.07) is 5.68. The van der Waals surface area contributed by atoms with E-state index in [4.69, 9.17) is 16.7 Å². The van der Waals surface area contributed by atoms with E-state index >= 15 is 0 Å². The number of carboxylic acids is 1. The Morgan fingerprint density at radius 3 is 2.36 bits per heavy atom. The zero-order chi connectivity index (χ0) is 16.9. The van der Waals surface area contributed by atoms with Crippen molar-refractivity contribution < 1.29 is 19.5 Å². The lowest BCUT2D eigenvalue weighted by atomic mass is 10.0. The van der Waals surface area contributed by atoms with Crippen LogP contribution in [-0.4, -0.2) is 47.4 Å². The van der Waals surface area contributed by atoms with E-state index < -0.39 is 30.4 Å². The fourth-order valence-corrected chi connectivity index (χ4v) is 2.12. The number of benzene rings is 1. The van der Waals surface area contributed by atoms with Gasteiger partial charge in [-0.05, 0) is 18.1 Å². The van der Waals surface area contributed by atoms with Crippen LogP contribution in [0.25, 0.3) is 0 Å². The summed E-state index contributed by atoms with van der Waals surface area (Å²) in [5.41, 5.74) is 0.267. The van der Waals surface area contributed by atoms with Gasteiger partial charge in [-0.25, -0.2) is 0 Å². The minimum Gasteiger partial charge on any atom is -0.480 e. The average Bonchev–Trinajstić information content (AvgIpc) is 2.43. The molecule has 1 rings (SSSR count).